The lowest BCUT2D eigenvalue weighted by Gasteiger charge is -2.35. The van der Waals surface area contributed by atoms with Gasteiger partial charge in [-0.05, 0) is 63.7 Å². The molecule has 0 heterocycles. The van der Waals surface area contributed by atoms with Crippen LogP contribution in [0.2, 0.25) is 0 Å². The van der Waals surface area contributed by atoms with E-state index in [4.69, 9.17) is 4.74 Å². The highest BCUT2D eigenvalue weighted by atomic mass is 32.2. The second-order valence-electron chi connectivity index (χ2n) is 11.4. The van der Waals surface area contributed by atoms with Crippen LogP contribution in [0, 0.1) is 6.92 Å². The Labute approximate surface area is 251 Å². The van der Waals surface area contributed by atoms with Crippen molar-refractivity contribution in [3.05, 3.63) is 71.3 Å². The molecular formula is C33H49N3O4S. The van der Waals surface area contributed by atoms with E-state index >= 15 is 0 Å². The second-order valence-corrected chi connectivity index (χ2v) is 12.4. The number of thioether (sulfide) groups is 1. The van der Waals surface area contributed by atoms with E-state index < -0.39 is 23.8 Å². The molecule has 7 nitrogen and oxygen atoms in total. The summed E-state index contributed by atoms with van der Waals surface area (Å²) in [7, 11) is 0. The van der Waals surface area contributed by atoms with Crippen molar-refractivity contribution in [2.75, 3.05) is 18.6 Å². The summed E-state index contributed by atoms with van der Waals surface area (Å²) in [6.45, 7) is 10.3. The first-order valence-corrected chi connectivity index (χ1v) is 16.1. The number of benzene rings is 2. The van der Waals surface area contributed by atoms with Crippen molar-refractivity contribution < 1.29 is 19.1 Å². The van der Waals surface area contributed by atoms with Crippen LogP contribution in [0.4, 0.5) is 4.79 Å². The third-order valence-electron chi connectivity index (χ3n) is 6.61. The molecule has 2 aromatic carbocycles. The van der Waals surface area contributed by atoms with Crippen LogP contribution in [-0.2, 0) is 20.9 Å². The van der Waals surface area contributed by atoms with Crippen molar-refractivity contribution in [3.63, 3.8) is 0 Å². The monoisotopic (exact) mass is 583 g/mol. The molecule has 2 atom stereocenters. The Morgan fingerprint density at radius 1 is 0.976 bits per heavy atom. The van der Waals surface area contributed by atoms with E-state index in [2.05, 4.69) is 17.6 Å². The zero-order valence-corrected chi connectivity index (χ0v) is 26.5. The lowest BCUT2D eigenvalue weighted by Crippen LogP contribution is -2.53. The minimum atomic E-state index is -0.838. The average molecular weight is 584 g/mol. The van der Waals surface area contributed by atoms with Crippen LogP contribution in [0.15, 0.2) is 54.6 Å². The minimum absolute atomic E-state index is 0.248. The van der Waals surface area contributed by atoms with Gasteiger partial charge in [-0.2, -0.15) is 11.8 Å². The average Bonchev–Trinajstić information content (AvgIpc) is 2.92. The van der Waals surface area contributed by atoms with Crippen LogP contribution in [0.25, 0.3) is 0 Å². The van der Waals surface area contributed by atoms with Gasteiger partial charge >= 0.3 is 6.09 Å². The third-order valence-corrected chi connectivity index (χ3v) is 7.26. The Kier molecular flexibility index (Phi) is 14.8. The zero-order chi connectivity index (χ0) is 30.3. The molecule has 0 spiro atoms. The van der Waals surface area contributed by atoms with Crippen molar-refractivity contribution in [1.82, 2.24) is 15.5 Å². The van der Waals surface area contributed by atoms with Crippen LogP contribution in [0.3, 0.4) is 0 Å². The molecule has 2 unspecified atom stereocenters. The number of hydrogen-bond donors (Lipinski definition) is 2. The molecule has 8 heteroatoms. The predicted molar refractivity (Wildman–Crippen MR) is 169 cm³/mol. The quantitative estimate of drug-likeness (QED) is 0.212. The van der Waals surface area contributed by atoms with E-state index in [1.807, 2.05) is 67.8 Å². The maximum Gasteiger partial charge on any atom is 0.408 e. The number of nitrogens with zero attached hydrogens (tertiary/aromatic N) is 1. The number of carbonyl (C=O) groups is 3. The topological polar surface area (TPSA) is 87.7 Å². The van der Waals surface area contributed by atoms with Gasteiger partial charge in [0.05, 0.1) is 0 Å². The highest BCUT2D eigenvalue weighted by Crippen LogP contribution is 2.25. The predicted octanol–water partition coefficient (Wildman–Crippen LogP) is 6.80. The summed E-state index contributed by atoms with van der Waals surface area (Å²) in [5.41, 5.74) is 2.03. The molecule has 2 rings (SSSR count). The zero-order valence-electron chi connectivity index (χ0n) is 25.7. The molecule has 0 fully saturated rings. The number of carbonyl (C=O) groups excluding carboxylic acids is 3. The molecule has 226 valence electrons. The summed E-state index contributed by atoms with van der Waals surface area (Å²) in [4.78, 5) is 42.7. The van der Waals surface area contributed by atoms with Crippen molar-refractivity contribution >= 4 is 29.7 Å². The van der Waals surface area contributed by atoms with Crippen molar-refractivity contribution in [2.45, 2.75) is 97.4 Å². The maximum absolute atomic E-state index is 14.3. The summed E-state index contributed by atoms with van der Waals surface area (Å²) in [6.07, 6.45) is 6.79. The fourth-order valence-electron chi connectivity index (χ4n) is 4.59. The van der Waals surface area contributed by atoms with Crippen LogP contribution in [0.1, 0.15) is 89.0 Å². The molecule has 3 amide bonds. The van der Waals surface area contributed by atoms with Crippen molar-refractivity contribution in [3.8, 4) is 0 Å². The van der Waals surface area contributed by atoms with Gasteiger partial charge in [-0.25, -0.2) is 4.79 Å². The largest absolute Gasteiger partial charge is 0.444 e. The van der Waals surface area contributed by atoms with Gasteiger partial charge in [0.1, 0.15) is 17.7 Å². The van der Waals surface area contributed by atoms with E-state index in [0.717, 1.165) is 48.8 Å². The Hall–Kier alpha value is -3.00. The Morgan fingerprint density at radius 2 is 1.68 bits per heavy atom. The molecule has 0 saturated carbocycles. The molecule has 2 aromatic rings. The third kappa shape index (κ3) is 12.6. The van der Waals surface area contributed by atoms with E-state index in [9.17, 15) is 14.4 Å². The van der Waals surface area contributed by atoms with E-state index in [0.29, 0.717) is 25.3 Å². The Balaban J connectivity index is 2.44. The van der Waals surface area contributed by atoms with E-state index in [-0.39, 0.29) is 11.8 Å². The highest BCUT2D eigenvalue weighted by Gasteiger charge is 2.36. The van der Waals surface area contributed by atoms with Gasteiger partial charge in [0.15, 0.2) is 0 Å². The first-order chi connectivity index (χ1) is 19.6. The number of aryl methyl sites for hydroxylation is 1. The number of alkyl carbamates (subject to hydrolysis) is 1. The molecule has 41 heavy (non-hydrogen) atoms. The number of ether oxygens (including phenoxy) is 1. The molecule has 0 aromatic heterocycles. The smallest absolute Gasteiger partial charge is 0.408 e. The second kappa shape index (κ2) is 17.7. The molecule has 2 N–H and O–H groups in total. The first-order valence-electron chi connectivity index (χ1n) is 14.7. The normalized spacial score (nSPS) is 12.7. The fraction of sp³-hybridized carbons (Fsp3) is 0.545. The van der Waals surface area contributed by atoms with Gasteiger partial charge in [-0.1, -0.05) is 92.8 Å². The lowest BCUT2D eigenvalue weighted by molar-refractivity contribution is -0.142. The number of amides is 3. The Bertz CT molecular complexity index is 1090. The van der Waals surface area contributed by atoms with E-state index in [1.54, 1.807) is 37.4 Å². The van der Waals surface area contributed by atoms with Gasteiger partial charge < -0.3 is 20.3 Å². The Morgan fingerprint density at radius 3 is 2.32 bits per heavy atom. The lowest BCUT2D eigenvalue weighted by atomic mass is 9.99. The van der Waals surface area contributed by atoms with Gasteiger partial charge in [-0.15, -0.1) is 0 Å². The van der Waals surface area contributed by atoms with Crippen molar-refractivity contribution in [1.29, 1.82) is 0 Å². The summed E-state index contributed by atoms with van der Waals surface area (Å²) in [5, 5.41) is 5.88. The van der Waals surface area contributed by atoms with Crippen LogP contribution < -0.4 is 10.6 Å². The summed E-state index contributed by atoms with van der Waals surface area (Å²) < 4.78 is 5.49. The number of nitrogens with one attached hydrogen (secondary N) is 2. The maximum atomic E-state index is 14.3. The highest BCUT2D eigenvalue weighted by molar-refractivity contribution is 7.98. The SMILES string of the molecule is CCCCCCCN(C(=O)C(CCSC)NC(=O)OC(C)(C)C)C(C(=O)NCc1ccccc1)c1cccc(C)c1. The summed E-state index contributed by atoms with van der Waals surface area (Å²) in [6, 6.07) is 15.8. The van der Waals surface area contributed by atoms with Crippen LogP contribution in [-0.4, -0.2) is 53.0 Å². The molecule has 0 aliphatic carbocycles. The van der Waals surface area contributed by atoms with Gasteiger partial charge in [0.2, 0.25) is 11.8 Å². The van der Waals surface area contributed by atoms with Gasteiger partial charge in [0, 0.05) is 13.1 Å². The molecule has 0 aliphatic heterocycles. The minimum Gasteiger partial charge on any atom is -0.444 e. The first kappa shape index (κ1) is 34.2. The molecule has 0 radical (unpaired) electrons. The van der Waals surface area contributed by atoms with Gasteiger partial charge in [0.25, 0.3) is 0 Å². The summed E-state index contributed by atoms with van der Waals surface area (Å²) >= 11 is 1.60. The van der Waals surface area contributed by atoms with Crippen LogP contribution >= 0.6 is 11.8 Å². The standard InChI is InChI=1S/C33H49N3O4S/c1-7-8-9-10-14-21-36(31(38)28(20-22-41-6)35-32(39)40-33(3,4)5)29(27-19-15-16-25(2)23-27)30(37)34-24-26-17-12-11-13-18-26/h11-13,15-19,23,28-29H,7-10,14,20-22,24H2,1-6H3,(H,34,37)(H,35,39). The molecule has 0 aliphatic rings. The number of rotatable bonds is 16. The fourth-order valence-corrected chi connectivity index (χ4v) is 5.06. The van der Waals surface area contributed by atoms with E-state index in [1.165, 1.54) is 0 Å². The summed E-state index contributed by atoms with van der Waals surface area (Å²) in [5.74, 6) is 0.148. The van der Waals surface area contributed by atoms with Gasteiger partial charge in [-0.3, -0.25) is 9.59 Å². The number of unbranched alkanes of at least 4 members (excludes halogenated alkanes) is 4. The molecule has 0 saturated heterocycles. The number of hydrogen-bond acceptors (Lipinski definition) is 5. The molecule has 0 bridgehead atoms. The van der Waals surface area contributed by atoms with Crippen molar-refractivity contribution in [2.24, 2.45) is 0 Å². The van der Waals surface area contributed by atoms with Crippen LogP contribution in [0.5, 0.6) is 0 Å². The molecular weight excluding hydrogens is 534 g/mol.